The fourth-order valence-electron chi connectivity index (χ4n) is 1.14. The summed E-state index contributed by atoms with van der Waals surface area (Å²) in [6.07, 6.45) is -8.65. The van der Waals surface area contributed by atoms with E-state index in [4.69, 9.17) is 0 Å². The van der Waals surface area contributed by atoms with Crippen LogP contribution in [0.2, 0.25) is 0 Å². The van der Waals surface area contributed by atoms with Gasteiger partial charge >= 0.3 is 29.6 Å². The van der Waals surface area contributed by atoms with Gasteiger partial charge in [0.2, 0.25) is 0 Å². The second kappa shape index (κ2) is 6.12. The van der Waals surface area contributed by atoms with Gasteiger partial charge in [-0.3, -0.25) is 0 Å². The van der Waals surface area contributed by atoms with Gasteiger partial charge in [0.1, 0.15) is 0 Å². The Labute approximate surface area is 117 Å². The van der Waals surface area contributed by atoms with Gasteiger partial charge in [0.05, 0.1) is 12.2 Å². The highest BCUT2D eigenvalue weighted by Gasteiger charge is 2.78. The molecule has 0 aromatic rings. The SMILES string of the molecule is CC(C)OC(=O)C(O)(C(=O)OC(C)C)C(F)(F)C(F)(F)F. The second-order valence-corrected chi connectivity index (χ2v) is 4.69. The van der Waals surface area contributed by atoms with Crippen molar-refractivity contribution in [3.63, 3.8) is 0 Å². The maximum Gasteiger partial charge on any atom is 0.457 e. The van der Waals surface area contributed by atoms with Gasteiger partial charge in [-0.2, -0.15) is 22.0 Å². The highest BCUT2D eigenvalue weighted by atomic mass is 19.4. The third-order valence-corrected chi connectivity index (χ3v) is 2.09. The van der Waals surface area contributed by atoms with Crippen LogP contribution in [0.25, 0.3) is 0 Å². The average Bonchev–Trinajstić information content (AvgIpc) is 2.23. The van der Waals surface area contributed by atoms with Crippen molar-refractivity contribution in [2.45, 2.75) is 57.6 Å². The van der Waals surface area contributed by atoms with Crippen molar-refractivity contribution in [2.24, 2.45) is 0 Å². The average molecular weight is 322 g/mol. The molecule has 0 saturated carbocycles. The van der Waals surface area contributed by atoms with Crippen LogP contribution in [-0.2, 0) is 19.1 Å². The predicted molar refractivity (Wildman–Crippen MR) is 58.4 cm³/mol. The zero-order valence-corrected chi connectivity index (χ0v) is 11.6. The first kappa shape index (κ1) is 19.6. The molecule has 0 aliphatic carbocycles. The van der Waals surface area contributed by atoms with Crippen LogP contribution in [0.4, 0.5) is 22.0 Å². The van der Waals surface area contributed by atoms with Crippen LogP contribution in [-0.4, -0.2) is 47.0 Å². The Bertz CT molecular complexity index is 380. The van der Waals surface area contributed by atoms with Crippen molar-refractivity contribution >= 4 is 11.9 Å². The van der Waals surface area contributed by atoms with E-state index in [0.29, 0.717) is 0 Å². The normalized spacial score (nSPS) is 13.5. The molecule has 0 rings (SSSR count). The highest BCUT2D eigenvalue weighted by Crippen LogP contribution is 2.45. The molecule has 0 aromatic carbocycles. The molecule has 0 saturated heterocycles. The number of hydrogen-bond donors (Lipinski definition) is 1. The first-order valence-electron chi connectivity index (χ1n) is 5.77. The van der Waals surface area contributed by atoms with E-state index in [-0.39, 0.29) is 0 Å². The molecule has 0 fully saturated rings. The summed E-state index contributed by atoms with van der Waals surface area (Å²) in [5.74, 6) is -11.0. The van der Waals surface area contributed by atoms with Gasteiger partial charge in [0.15, 0.2) is 0 Å². The summed E-state index contributed by atoms with van der Waals surface area (Å²) in [7, 11) is 0. The van der Waals surface area contributed by atoms with E-state index in [0.717, 1.165) is 27.7 Å². The predicted octanol–water partition coefficient (Wildman–Crippen LogP) is 1.82. The number of halogens is 5. The molecule has 0 unspecified atom stereocenters. The smallest absolute Gasteiger partial charge is 0.457 e. The minimum absolute atomic E-state index is 1.14. The number of carbonyl (C=O) groups excluding carboxylic acids is 2. The monoisotopic (exact) mass is 322 g/mol. The summed E-state index contributed by atoms with van der Waals surface area (Å²) in [6.45, 7) is 4.55. The Morgan fingerprint density at radius 2 is 1.14 bits per heavy atom. The summed E-state index contributed by atoms with van der Waals surface area (Å²) in [5, 5.41) is 9.49. The van der Waals surface area contributed by atoms with Crippen molar-refractivity contribution in [3.8, 4) is 0 Å². The number of carbonyl (C=O) groups is 2. The first-order valence-corrected chi connectivity index (χ1v) is 5.77. The van der Waals surface area contributed by atoms with Crippen molar-refractivity contribution < 1.29 is 46.1 Å². The molecule has 0 radical (unpaired) electrons. The van der Waals surface area contributed by atoms with E-state index >= 15 is 0 Å². The molecule has 0 bridgehead atoms. The maximum absolute atomic E-state index is 13.4. The van der Waals surface area contributed by atoms with E-state index in [1.54, 1.807) is 0 Å². The van der Waals surface area contributed by atoms with Crippen LogP contribution >= 0.6 is 0 Å². The molecule has 124 valence electrons. The Balaban J connectivity index is 5.89. The summed E-state index contributed by atoms with van der Waals surface area (Å²) < 4.78 is 72.3. The highest BCUT2D eigenvalue weighted by molar-refractivity contribution is 6.05. The van der Waals surface area contributed by atoms with Gasteiger partial charge in [-0.15, -0.1) is 0 Å². The molecule has 0 heterocycles. The van der Waals surface area contributed by atoms with E-state index < -0.39 is 41.8 Å². The molecule has 1 N–H and O–H groups in total. The number of esters is 2. The van der Waals surface area contributed by atoms with Crippen LogP contribution in [0.5, 0.6) is 0 Å². The van der Waals surface area contributed by atoms with Crippen LogP contribution in [0.15, 0.2) is 0 Å². The Morgan fingerprint density at radius 3 is 1.33 bits per heavy atom. The van der Waals surface area contributed by atoms with Crippen LogP contribution in [0, 0.1) is 0 Å². The van der Waals surface area contributed by atoms with Gasteiger partial charge in [-0.05, 0) is 27.7 Å². The van der Waals surface area contributed by atoms with Crippen molar-refractivity contribution in [2.75, 3.05) is 0 Å². The zero-order chi connectivity index (χ0) is 17.2. The van der Waals surface area contributed by atoms with Crippen molar-refractivity contribution in [1.82, 2.24) is 0 Å². The lowest BCUT2D eigenvalue weighted by Crippen LogP contribution is -2.67. The number of hydrogen-bond acceptors (Lipinski definition) is 5. The molecule has 10 heteroatoms. The third kappa shape index (κ3) is 3.80. The van der Waals surface area contributed by atoms with E-state index in [2.05, 4.69) is 9.47 Å². The molecular formula is C11H15F5O5. The molecular weight excluding hydrogens is 307 g/mol. The van der Waals surface area contributed by atoms with Gasteiger partial charge in [-0.25, -0.2) is 9.59 Å². The quantitative estimate of drug-likeness (QED) is 0.475. The van der Waals surface area contributed by atoms with Gasteiger partial charge in [0, 0.05) is 0 Å². The summed E-state index contributed by atoms with van der Waals surface area (Å²) in [4.78, 5) is 22.9. The minimum Gasteiger partial charge on any atom is -0.460 e. The van der Waals surface area contributed by atoms with Crippen molar-refractivity contribution in [1.29, 1.82) is 0 Å². The van der Waals surface area contributed by atoms with Crippen LogP contribution in [0.3, 0.4) is 0 Å². The minimum atomic E-state index is -6.37. The summed E-state index contributed by atoms with van der Waals surface area (Å²) in [5.41, 5.74) is -4.82. The molecule has 0 spiro atoms. The fourth-order valence-corrected chi connectivity index (χ4v) is 1.14. The number of rotatable bonds is 5. The van der Waals surface area contributed by atoms with Crippen molar-refractivity contribution in [3.05, 3.63) is 0 Å². The standard InChI is InChI=1S/C11H15F5O5/c1-5(2)20-7(17)9(19,8(18)21-6(3)4)10(12,13)11(14,15)16/h5-6,19H,1-4H3. The lowest BCUT2D eigenvalue weighted by molar-refractivity contribution is -0.334. The number of ether oxygens (including phenoxy) is 2. The summed E-state index contributed by atoms with van der Waals surface area (Å²) >= 11 is 0. The topological polar surface area (TPSA) is 72.8 Å². The molecule has 0 aliphatic heterocycles. The lowest BCUT2D eigenvalue weighted by atomic mass is 9.94. The zero-order valence-electron chi connectivity index (χ0n) is 11.6. The molecule has 0 atom stereocenters. The molecule has 21 heavy (non-hydrogen) atoms. The maximum atomic E-state index is 13.4. The first-order chi connectivity index (χ1) is 9.17. The lowest BCUT2D eigenvalue weighted by Gasteiger charge is -2.33. The van der Waals surface area contributed by atoms with Crippen LogP contribution < -0.4 is 0 Å². The fraction of sp³-hybridized carbons (Fsp3) is 0.818. The third-order valence-electron chi connectivity index (χ3n) is 2.09. The van der Waals surface area contributed by atoms with Crippen LogP contribution in [0.1, 0.15) is 27.7 Å². The Kier molecular flexibility index (Phi) is 5.70. The second-order valence-electron chi connectivity index (χ2n) is 4.69. The van der Waals surface area contributed by atoms with Gasteiger partial charge in [-0.1, -0.05) is 0 Å². The largest absolute Gasteiger partial charge is 0.460 e. The number of alkyl halides is 5. The van der Waals surface area contributed by atoms with Gasteiger partial charge < -0.3 is 14.6 Å². The Morgan fingerprint density at radius 1 is 0.857 bits per heavy atom. The summed E-state index contributed by atoms with van der Waals surface area (Å²) in [6, 6.07) is 0. The van der Waals surface area contributed by atoms with Gasteiger partial charge in [0.25, 0.3) is 0 Å². The van der Waals surface area contributed by atoms with E-state index in [1.165, 1.54) is 0 Å². The number of aliphatic hydroxyl groups is 1. The van der Waals surface area contributed by atoms with E-state index in [1.807, 2.05) is 0 Å². The molecule has 5 nitrogen and oxygen atoms in total. The van der Waals surface area contributed by atoms with E-state index in [9.17, 15) is 36.6 Å². The molecule has 0 aromatic heterocycles. The molecule has 0 aliphatic rings. The Hall–Kier alpha value is -1.45. The molecule has 0 amide bonds.